The smallest absolute Gasteiger partial charge is 0.269 e. The van der Waals surface area contributed by atoms with Gasteiger partial charge in [-0.15, -0.1) is 0 Å². The van der Waals surface area contributed by atoms with Crippen LogP contribution in [0.1, 0.15) is 10.4 Å². The van der Waals surface area contributed by atoms with Crippen molar-refractivity contribution in [2.75, 3.05) is 5.32 Å². The Bertz CT molecular complexity index is 853. The second kappa shape index (κ2) is 8.38. The summed E-state index contributed by atoms with van der Waals surface area (Å²) >= 11 is 17.7. The van der Waals surface area contributed by atoms with Gasteiger partial charge in [0, 0.05) is 35.5 Å². The Morgan fingerprint density at radius 3 is 1.74 bits per heavy atom. The summed E-state index contributed by atoms with van der Waals surface area (Å²) in [6.45, 7) is 0. The van der Waals surface area contributed by atoms with E-state index in [9.17, 15) is 25.0 Å². The molecule has 0 bridgehead atoms. The van der Waals surface area contributed by atoms with Gasteiger partial charge < -0.3 is 10.6 Å². The zero-order valence-electron chi connectivity index (χ0n) is 13.3. The molecule has 1 amide bonds. The monoisotopic (exact) mass is 432 g/mol. The number of carbonyl (C=O) groups excluding carboxylic acids is 1. The van der Waals surface area contributed by atoms with E-state index in [1.807, 2.05) is 0 Å². The van der Waals surface area contributed by atoms with E-state index in [4.69, 9.17) is 34.8 Å². The first kappa shape index (κ1) is 20.7. The average molecular weight is 434 g/mol. The fraction of sp³-hybridized carbons (Fsp3) is 0.133. The Hall–Kier alpha value is -2.62. The molecule has 0 heterocycles. The number of nitrogens with one attached hydrogen (secondary N) is 2. The van der Waals surface area contributed by atoms with Gasteiger partial charge in [0.15, 0.2) is 0 Å². The van der Waals surface area contributed by atoms with Crippen molar-refractivity contribution in [3.8, 4) is 0 Å². The Morgan fingerprint density at radius 1 is 0.889 bits per heavy atom. The zero-order chi connectivity index (χ0) is 20.2. The number of non-ortho nitro benzene ring substituents is 2. The van der Waals surface area contributed by atoms with Crippen LogP contribution in [0.2, 0.25) is 0 Å². The average Bonchev–Trinajstić information content (AvgIpc) is 2.60. The third-order valence-corrected chi connectivity index (χ3v) is 3.99. The molecule has 27 heavy (non-hydrogen) atoms. The van der Waals surface area contributed by atoms with Gasteiger partial charge in [-0.1, -0.05) is 34.8 Å². The van der Waals surface area contributed by atoms with Crippen molar-refractivity contribution in [3.63, 3.8) is 0 Å². The van der Waals surface area contributed by atoms with Crippen LogP contribution in [0.4, 0.5) is 17.1 Å². The van der Waals surface area contributed by atoms with E-state index in [0.717, 1.165) is 0 Å². The standard InChI is InChI=1S/C15H11Cl3N4O5/c16-15(17,18)14(19-10-3-7-12(8-4-10)22(26)27)20-13(23)9-1-5-11(6-2-9)21(24)25/h1-8,14,19H,(H,20,23). The van der Waals surface area contributed by atoms with Crippen LogP contribution in [0.5, 0.6) is 0 Å². The molecule has 0 fully saturated rings. The van der Waals surface area contributed by atoms with Crippen LogP contribution in [0.15, 0.2) is 48.5 Å². The van der Waals surface area contributed by atoms with Crippen molar-refractivity contribution in [2.45, 2.75) is 9.96 Å². The topological polar surface area (TPSA) is 127 Å². The molecule has 0 radical (unpaired) electrons. The summed E-state index contributed by atoms with van der Waals surface area (Å²) in [4.78, 5) is 32.5. The molecular weight excluding hydrogens is 423 g/mol. The summed E-state index contributed by atoms with van der Waals surface area (Å²) in [7, 11) is 0. The lowest BCUT2D eigenvalue weighted by atomic mass is 10.2. The molecule has 2 aromatic carbocycles. The summed E-state index contributed by atoms with van der Waals surface area (Å²) in [5, 5.41) is 26.6. The van der Waals surface area contributed by atoms with Crippen molar-refractivity contribution >= 4 is 57.8 Å². The van der Waals surface area contributed by atoms with Crippen LogP contribution in [0, 0.1) is 20.2 Å². The van der Waals surface area contributed by atoms with Crippen LogP contribution in [0.25, 0.3) is 0 Å². The maximum atomic E-state index is 12.3. The first-order valence-corrected chi connectivity index (χ1v) is 8.34. The summed E-state index contributed by atoms with van der Waals surface area (Å²) in [6, 6.07) is 10.1. The van der Waals surface area contributed by atoms with Crippen LogP contribution in [-0.2, 0) is 0 Å². The summed E-state index contributed by atoms with van der Waals surface area (Å²) in [5.74, 6) is -0.643. The van der Waals surface area contributed by atoms with Gasteiger partial charge in [0.05, 0.1) is 9.85 Å². The van der Waals surface area contributed by atoms with Gasteiger partial charge in [0.25, 0.3) is 17.3 Å². The van der Waals surface area contributed by atoms with Gasteiger partial charge in [-0.2, -0.15) is 0 Å². The van der Waals surface area contributed by atoms with E-state index in [0.29, 0.717) is 5.69 Å². The van der Waals surface area contributed by atoms with Crippen molar-refractivity contribution in [2.24, 2.45) is 0 Å². The molecule has 12 heteroatoms. The Kier molecular flexibility index (Phi) is 6.42. The number of rotatable bonds is 6. The van der Waals surface area contributed by atoms with E-state index in [1.165, 1.54) is 48.5 Å². The van der Waals surface area contributed by atoms with Crippen molar-refractivity contribution < 1.29 is 14.6 Å². The molecule has 9 nitrogen and oxygen atoms in total. The number of nitro benzene ring substituents is 2. The molecule has 1 atom stereocenters. The Morgan fingerprint density at radius 2 is 1.33 bits per heavy atom. The first-order valence-electron chi connectivity index (χ1n) is 7.21. The zero-order valence-corrected chi connectivity index (χ0v) is 15.5. The Labute approximate surface area is 167 Å². The fourth-order valence-corrected chi connectivity index (χ4v) is 2.32. The maximum absolute atomic E-state index is 12.3. The normalized spacial score (nSPS) is 12.1. The van der Waals surface area contributed by atoms with Crippen molar-refractivity contribution in [1.82, 2.24) is 5.32 Å². The van der Waals surface area contributed by atoms with Crippen LogP contribution >= 0.6 is 34.8 Å². The molecule has 1 unspecified atom stereocenters. The highest BCUT2D eigenvalue weighted by molar-refractivity contribution is 6.68. The second-order valence-corrected chi connectivity index (χ2v) is 7.57. The molecule has 0 aliphatic carbocycles. The third kappa shape index (κ3) is 5.68. The molecule has 2 aromatic rings. The predicted octanol–water partition coefficient (Wildman–Crippen LogP) is 4.04. The van der Waals surface area contributed by atoms with Crippen molar-refractivity contribution in [1.29, 1.82) is 0 Å². The van der Waals surface area contributed by atoms with Crippen LogP contribution in [-0.4, -0.2) is 25.7 Å². The second-order valence-electron chi connectivity index (χ2n) is 5.20. The lowest BCUT2D eigenvalue weighted by Crippen LogP contribution is -2.49. The highest BCUT2D eigenvalue weighted by Crippen LogP contribution is 2.31. The number of halogens is 3. The van der Waals surface area contributed by atoms with Crippen LogP contribution < -0.4 is 10.6 Å². The van der Waals surface area contributed by atoms with Gasteiger partial charge in [-0.3, -0.25) is 25.0 Å². The largest absolute Gasteiger partial charge is 0.362 e. The third-order valence-electron chi connectivity index (χ3n) is 3.33. The van der Waals surface area contributed by atoms with E-state index in [1.54, 1.807) is 0 Å². The van der Waals surface area contributed by atoms with Gasteiger partial charge in [0.1, 0.15) is 6.17 Å². The number of carbonyl (C=O) groups is 1. The Balaban J connectivity index is 2.15. The minimum atomic E-state index is -1.96. The molecule has 142 valence electrons. The molecular formula is C15H11Cl3N4O5. The van der Waals surface area contributed by atoms with Crippen LogP contribution in [0.3, 0.4) is 0 Å². The number of nitro groups is 2. The molecule has 2 N–H and O–H groups in total. The number of hydrogen-bond acceptors (Lipinski definition) is 6. The molecule has 0 saturated carbocycles. The van der Waals surface area contributed by atoms with Crippen molar-refractivity contribution in [3.05, 3.63) is 74.3 Å². The fourth-order valence-electron chi connectivity index (χ4n) is 1.99. The summed E-state index contributed by atoms with van der Waals surface area (Å²) in [5.41, 5.74) is 0.181. The van der Waals surface area contributed by atoms with Gasteiger partial charge >= 0.3 is 0 Å². The summed E-state index contributed by atoms with van der Waals surface area (Å²) in [6.07, 6.45) is -1.19. The lowest BCUT2D eigenvalue weighted by Gasteiger charge is -2.27. The number of amides is 1. The predicted molar refractivity (Wildman–Crippen MR) is 101 cm³/mol. The maximum Gasteiger partial charge on any atom is 0.269 e. The highest BCUT2D eigenvalue weighted by Gasteiger charge is 2.34. The first-order chi connectivity index (χ1) is 12.6. The van der Waals surface area contributed by atoms with E-state index in [2.05, 4.69) is 10.6 Å². The highest BCUT2D eigenvalue weighted by atomic mass is 35.6. The number of benzene rings is 2. The summed E-state index contributed by atoms with van der Waals surface area (Å²) < 4.78 is -1.96. The lowest BCUT2D eigenvalue weighted by molar-refractivity contribution is -0.385. The van der Waals surface area contributed by atoms with Gasteiger partial charge in [0.2, 0.25) is 3.79 Å². The molecule has 0 aliphatic rings. The quantitative estimate of drug-likeness (QED) is 0.306. The van der Waals surface area contributed by atoms with Gasteiger partial charge in [-0.25, -0.2) is 0 Å². The number of nitrogens with zero attached hydrogens (tertiary/aromatic N) is 2. The van der Waals surface area contributed by atoms with E-state index < -0.39 is 25.7 Å². The van der Waals surface area contributed by atoms with E-state index >= 15 is 0 Å². The van der Waals surface area contributed by atoms with E-state index in [-0.39, 0.29) is 16.9 Å². The molecule has 0 aromatic heterocycles. The molecule has 0 spiro atoms. The molecule has 0 aliphatic heterocycles. The minimum Gasteiger partial charge on any atom is -0.362 e. The molecule has 2 rings (SSSR count). The SMILES string of the molecule is O=C(NC(Nc1ccc([N+](=O)[O-])cc1)C(Cl)(Cl)Cl)c1ccc([N+](=O)[O-])cc1. The number of alkyl halides is 3. The number of anilines is 1. The minimum absolute atomic E-state index is 0.116. The number of hydrogen-bond donors (Lipinski definition) is 2. The molecule has 0 saturated heterocycles. The van der Waals surface area contributed by atoms with Gasteiger partial charge in [-0.05, 0) is 24.3 Å².